The third-order valence-electron chi connectivity index (χ3n) is 1.89. The minimum absolute atomic E-state index is 0.292. The van der Waals surface area contributed by atoms with Gasteiger partial charge in [0, 0.05) is 0 Å². The molecule has 0 saturated carbocycles. The number of carbonyl (C=O) groups is 2. The number of para-hydroxylation sites is 1. The van der Waals surface area contributed by atoms with Gasteiger partial charge in [-0.05, 0) is 12.1 Å². The summed E-state index contributed by atoms with van der Waals surface area (Å²) in [5, 5.41) is 2.21. The highest BCUT2D eigenvalue weighted by molar-refractivity contribution is 6.11. The van der Waals surface area contributed by atoms with E-state index in [-0.39, 0.29) is 6.54 Å². The molecule has 89 valence electrons. The molecule has 3 amide bonds. The van der Waals surface area contributed by atoms with Crippen molar-refractivity contribution in [2.75, 3.05) is 18.6 Å². The summed E-state index contributed by atoms with van der Waals surface area (Å²) in [5.74, 6) is 0. The van der Waals surface area contributed by atoms with Crippen molar-refractivity contribution in [1.82, 2.24) is 5.32 Å². The fourth-order valence-corrected chi connectivity index (χ4v) is 1.16. The number of methoxy groups -OCH3 is 1. The normalized spacial score (nSPS) is 9.24. The van der Waals surface area contributed by atoms with E-state index in [1.165, 1.54) is 6.29 Å². The molecule has 1 aromatic carbocycles. The molecule has 0 aliphatic carbocycles. The lowest BCUT2D eigenvalue weighted by molar-refractivity contribution is 0.178. The van der Waals surface area contributed by atoms with Crippen LogP contribution in [0.1, 0.15) is 0 Å². The van der Waals surface area contributed by atoms with E-state index >= 15 is 0 Å². The monoisotopic (exact) mass is 235 g/mol. The molecule has 0 unspecified atom stereocenters. The second kappa shape index (κ2) is 6.26. The molecule has 6 nitrogen and oxygen atoms in total. The Hall–Kier alpha value is -2.37. The minimum Gasteiger partial charge on any atom is -0.452 e. The van der Waals surface area contributed by atoms with E-state index in [9.17, 15) is 14.4 Å². The number of hydrogen-bond acceptors (Lipinski definition) is 4. The Kier molecular flexibility index (Phi) is 4.68. The molecule has 1 N–H and O–H groups in total. The van der Waals surface area contributed by atoms with Crippen LogP contribution in [0.4, 0.5) is 15.3 Å². The van der Waals surface area contributed by atoms with E-state index in [0.29, 0.717) is 5.69 Å². The first kappa shape index (κ1) is 12.7. The van der Waals surface area contributed by atoms with Crippen molar-refractivity contribution in [3.63, 3.8) is 0 Å². The zero-order chi connectivity index (χ0) is 12.7. The van der Waals surface area contributed by atoms with Gasteiger partial charge < -0.3 is 10.1 Å². The fraction of sp³-hybridized carbons (Fsp3) is 0.182. The lowest BCUT2D eigenvalue weighted by Gasteiger charge is -2.18. The van der Waals surface area contributed by atoms with Gasteiger partial charge >= 0.3 is 12.1 Å². The number of urea groups is 1. The van der Waals surface area contributed by atoms with Crippen LogP contribution in [-0.4, -0.2) is 32.1 Å². The van der Waals surface area contributed by atoms with Gasteiger partial charge in [0.15, 0.2) is 0 Å². The van der Waals surface area contributed by atoms with E-state index < -0.39 is 12.1 Å². The Morgan fingerprint density at radius 1 is 1.35 bits per heavy atom. The van der Waals surface area contributed by atoms with Gasteiger partial charge in [0.25, 0.3) is 0 Å². The van der Waals surface area contributed by atoms with Gasteiger partial charge in [0.05, 0.1) is 19.3 Å². The molecule has 0 spiro atoms. The van der Waals surface area contributed by atoms with Gasteiger partial charge in [-0.2, -0.15) is 4.90 Å². The highest BCUT2D eigenvalue weighted by Gasteiger charge is 2.23. The van der Waals surface area contributed by atoms with Crippen LogP contribution >= 0.6 is 0 Å². The maximum atomic E-state index is 11.6. The molecule has 0 aliphatic heterocycles. The SMILES string of the molecule is COC(=O)N(C(=O)NC[C]=O)c1ccccc1. The van der Waals surface area contributed by atoms with E-state index in [4.69, 9.17) is 0 Å². The standard InChI is InChI=1S/C11H11N2O4/c1-17-11(16)13(10(15)12-7-8-14)9-5-3-2-4-6-9/h2-6H,7H2,1H3,(H,12,15). The molecule has 0 atom stereocenters. The summed E-state index contributed by atoms with van der Waals surface area (Å²) in [6.07, 6.45) is 0.667. The van der Waals surface area contributed by atoms with Crippen molar-refractivity contribution in [1.29, 1.82) is 0 Å². The molecule has 0 fully saturated rings. The highest BCUT2D eigenvalue weighted by Crippen LogP contribution is 2.14. The maximum Gasteiger partial charge on any atom is 0.422 e. The van der Waals surface area contributed by atoms with Gasteiger partial charge in [-0.1, -0.05) is 18.2 Å². The zero-order valence-electron chi connectivity index (χ0n) is 9.17. The molecule has 0 bridgehead atoms. The third kappa shape index (κ3) is 3.30. The number of amides is 3. The first-order valence-electron chi connectivity index (χ1n) is 4.76. The molecular weight excluding hydrogens is 224 g/mol. The second-order valence-corrected chi connectivity index (χ2v) is 2.94. The third-order valence-corrected chi connectivity index (χ3v) is 1.89. The predicted octanol–water partition coefficient (Wildman–Crippen LogP) is 1.08. The molecule has 1 aromatic rings. The molecule has 0 aromatic heterocycles. The molecule has 1 radical (unpaired) electrons. The van der Waals surface area contributed by atoms with Crippen molar-refractivity contribution >= 4 is 24.1 Å². The summed E-state index contributed by atoms with van der Waals surface area (Å²) >= 11 is 0. The molecule has 17 heavy (non-hydrogen) atoms. The van der Waals surface area contributed by atoms with Crippen LogP contribution in [0.2, 0.25) is 0 Å². The number of hydrogen-bond donors (Lipinski definition) is 1. The van der Waals surface area contributed by atoms with Crippen LogP contribution in [0.15, 0.2) is 30.3 Å². The first-order chi connectivity index (χ1) is 8.20. The number of benzene rings is 1. The summed E-state index contributed by atoms with van der Waals surface area (Å²) < 4.78 is 4.50. The second-order valence-electron chi connectivity index (χ2n) is 2.94. The minimum atomic E-state index is -0.834. The Bertz CT molecular complexity index is 405. The van der Waals surface area contributed by atoms with E-state index in [1.807, 2.05) is 0 Å². The number of rotatable bonds is 3. The largest absolute Gasteiger partial charge is 0.452 e. The summed E-state index contributed by atoms with van der Waals surface area (Å²) in [6.45, 7) is -0.292. The molecule has 0 aliphatic rings. The summed E-state index contributed by atoms with van der Waals surface area (Å²) in [6, 6.07) is 7.49. The van der Waals surface area contributed by atoms with Gasteiger partial charge in [-0.15, -0.1) is 0 Å². The number of ether oxygens (including phenoxy) is 1. The number of anilines is 1. The van der Waals surface area contributed by atoms with E-state index in [0.717, 1.165) is 12.0 Å². The summed E-state index contributed by atoms with van der Waals surface area (Å²) in [7, 11) is 1.16. The van der Waals surface area contributed by atoms with Crippen molar-refractivity contribution in [3.05, 3.63) is 30.3 Å². The molecular formula is C11H11N2O4. The fourth-order valence-electron chi connectivity index (χ4n) is 1.16. The Morgan fingerprint density at radius 3 is 2.53 bits per heavy atom. The quantitative estimate of drug-likeness (QED) is 0.850. The lowest BCUT2D eigenvalue weighted by Crippen LogP contribution is -2.44. The average Bonchev–Trinajstić information content (AvgIpc) is 2.37. The molecule has 0 saturated heterocycles. The topological polar surface area (TPSA) is 75.7 Å². The van der Waals surface area contributed by atoms with Crippen LogP contribution in [0.3, 0.4) is 0 Å². The molecule has 1 rings (SSSR count). The smallest absolute Gasteiger partial charge is 0.422 e. The Balaban J connectivity index is 2.92. The number of nitrogens with one attached hydrogen (secondary N) is 1. The van der Waals surface area contributed by atoms with Gasteiger partial charge in [-0.3, -0.25) is 4.79 Å². The van der Waals surface area contributed by atoms with Crippen molar-refractivity contribution in [2.24, 2.45) is 0 Å². The van der Waals surface area contributed by atoms with Crippen LogP contribution in [-0.2, 0) is 9.53 Å². The molecule has 0 heterocycles. The van der Waals surface area contributed by atoms with E-state index in [2.05, 4.69) is 10.1 Å². The average molecular weight is 235 g/mol. The first-order valence-corrected chi connectivity index (χ1v) is 4.76. The van der Waals surface area contributed by atoms with Gasteiger partial charge in [-0.25, -0.2) is 9.59 Å². The summed E-state index contributed by atoms with van der Waals surface area (Å²) in [5.41, 5.74) is 0.350. The van der Waals surface area contributed by atoms with E-state index in [1.54, 1.807) is 30.3 Å². The van der Waals surface area contributed by atoms with Crippen molar-refractivity contribution in [3.8, 4) is 0 Å². The Morgan fingerprint density at radius 2 is 2.00 bits per heavy atom. The highest BCUT2D eigenvalue weighted by atomic mass is 16.5. The Labute approximate surface area is 98.2 Å². The number of imide groups is 1. The van der Waals surface area contributed by atoms with Crippen LogP contribution in [0.25, 0.3) is 0 Å². The number of carbonyl (C=O) groups excluding carboxylic acids is 3. The van der Waals surface area contributed by atoms with Crippen LogP contribution < -0.4 is 10.2 Å². The van der Waals surface area contributed by atoms with Crippen LogP contribution in [0.5, 0.6) is 0 Å². The van der Waals surface area contributed by atoms with Gasteiger partial charge in [0.1, 0.15) is 0 Å². The maximum absolute atomic E-state index is 11.6. The zero-order valence-corrected chi connectivity index (χ0v) is 9.17. The van der Waals surface area contributed by atoms with Gasteiger partial charge in [0.2, 0.25) is 6.29 Å². The number of nitrogens with zero attached hydrogens (tertiary/aromatic N) is 1. The van der Waals surface area contributed by atoms with Crippen molar-refractivity contribution < 1.29 is 19.1 Å². The summed E-state index contributed by atoms with van der Waals surface area (Å²) in [4.78, 5) is 33.9. The lowest BCUT2D eigenvalue weighted by atomic mass is 10.3. The van der Waals surface area contributed by atoms with Crippen molar-refractivity contribution in [2.45, 2.75) is 0 Å². The van der Waals surface area contributed by atoms with Crippen LogP contribution in [0, 0.1) is 0 Å². The molecule has 6 heteroatoms. The predicted molar refractivity (Wildman–Crippen MR) is 60.4 cm³/mol.